The first-order valence-electron chi connectivity index (χ1n) is 17.3. The van der Waals surface area contributed by atoms with Gasteiger partial charge in [-0.25, -0.2) is 0 Å². The van der Waals surface area contributed by atoms with E-state index >= 15 is 0 Å². The molecule has 0 spiro atoms. The van der Waals surface area contributed by atoms with Crippen LogP contribution in [0.15, 0.2) is 180 Å². The molecule has 2 aromatic heterocycles. The molecule has 9 aromatic carbocycles. The highest BCUT2D eigenvalue weighted by atomic mass is 32.1. The average Bonchev–Trinajstić information content (AvgIpc) is 3.78. The summed E-state index contributed by atoms with van der Waals surface area (Å²) in [7, 11) is 0. The monoisotopic (exact) mass is 667 g/mol. The molecule has 0 atom stereocenters. The molecule has 51 heavy (non-hydrogen) atoms. The molecule has 11 rings (SSSR count). The molecule has 0 N–H and O–H groups in total. The van der Waals surface area contributed by atoms with E-state index in [-0.39, 0.29) is 0 Å². The van der Waals surface area contributed by atoms with Crippen molar-refractivity contribution in [3.8, 4) is 11.1 Å². The predicted octanol–water partition coefficient (Wildman–Crippen LogP) is 14.6. The summed E-state index contributed by atoms with van der Waals surface area (Å²) in [5, 5.41) is 12.5. The van der Waals surface area contributed by atoms with Crippen molar-refractivity contribution >= 4 is 103 Å². The molecular weight excluding hydrogens is 639 g/mol. The molecule has 0 aliphatic carbocycles. The first-order chi connectivity index (χ1) is 25.3. The summed E-state index contributed by atoms with van der Waals surface area (Å²) in [6.45, 7) is 0. The number of hydrogen-bond donors (Lipinski definition) is 0. The molecule has 11 aromatic rings. The van der Waals surface area contributed by atoms with Gasteiger partial charge in [0.25, 0.3) is 0 Å². The Hall–Kier alpha value is -6.42. The standard InChI is InChI=1S/C48H29NOS/c1-2-13-35-33(11-1)34-12-3-4-14-36(34)42-29-31(25-28-37(35)42)30-23-26-32(27-24-30)49(43-19-9-17-40-38-15-5-7-21-45(38)50-47(40)43)44-20-10-18-41-39-16-6-8-22-46(39)51-48(41)44/h1-29H. The highest BCUT2D eigenvalue weighted by Crippen LogP contribution is 2.48. The minimum atomic E-state index is 0.884. The number of rotatable bonds is 4. The van der Waals surface area contributed by atoms with Crippen LogP contribution >= 0.6 is 11.3 Å². The minimum Gasteiger partial charge on any atom is -0.454 e. The van der Waals surface area contributed by atoms with Gasteiger partial charge in [0.2, 0.25) is 0 Å². The van der Waals surface area contributed by atoms with E-state index in [9.17, 15) is 0 Å². The van der Waals surface area contributed by atoms with E-state index in [0.29, 0.717) is 0 Å². The fraction of sp³-hybridized carbons (Fsp3) is 0. The third-order valence-electron chi connectivity index (χ3n) is 10.5. The number of thiophene rings is 1. The zero-order valence-corrected chi connectivity index (χ0v) is 28.3. The Bertz CT molecular complexity index is 3000. The van der Waals surface area contributed by atoms with Crippen LogP contribution in [0.3, 0.4) is 0 Å². The third-order valence-corrected chi connectivity index (χ3v) is 11.7. The smallest absolute Gasteiger partial charge is 0.159 e. The molecular formula is C48H29NOS. The molecule has 2 nitrogen and oxygen atoms in total. The van der Waals surface area contributed by atoms with Gasteiger partial charge in [-0.2, -0.15) is 0 Å². The van der Waals surface area contributed by atoms with Gasteiger partial charge in [-0.15, -0.1) is 11.3 Å². The second kappa shape index (κ2) is 11.0. The van der Waals surface area contributed by atoms with Crippen LogP contribution in [0.4, 0.5) is 17.1 Å². The van der Waals surface area contributed by atoms with E-state index in [1.54, 1.807) is 0 Å². The topological polar surface area (TPSA) is 16.4 Å². The molecule has 0 fully saturated rings. The van der Waals surface area contributed by atoms with Crippen LogP contribution < -0.4 is 4.90 Å². The summed E-state index contributed by atoms with van der Waals surface area (Å²) in [5.74, 6) is 0. The Kier molecular flexibility index (Phi) is 6.16. The Labute approximate surface area is 298 Å². The Balaban J connectivity index is 1.11. The summed E-state index contributed by atoms with van der Waals surface area (Å²) in [6, 6.07) is 63.7. The van der Waals surface area contributed by atoms with E-state index in [1.807, 2.05) is 17.4 Å². The molecule has 0 amide bonds. The number of furan rings is 1. The van der Waals surface area contributed by atoms with Crippen molar-refractivity contribution in [2.45, 2.75) is 0 Å². The number of anilines is 3. The highest BCUT2D eigenvalue weighted by molar-refractivity contribution is 7.26. The Morgan fingerprint density at radius 3 is 1.67 bits per heavy atom. The maximum absolute atomic E-state index is 6.64. The van der Waals surface area contributed by atoms with Crippen molar-refractivity contribution in [3.05, 3.63) is 176 Å². The van der Waals surface area contributed by atoms with Crippen LogP contribution in [0.5, 0.6) is 0 Å². The van der Waals surface area contributed by atoms with E-state index in [1.165, 1.54) is 63.6 Å². The van der Waals surface area contributed by atoms with Gasteiger partial charge in [0.15, 0.2) is 5.58 Å². The molecule has 0 bridgehead atoms. The lowest BCUT2D eigenvalue weighted by Gasteiger charge is -2.26. The predicted molar refractivity (Wildman–Crippen MR) is 219 cm³/mol. The van der Waals surface area contributed by atoms with E-state index < -0.39 is 0 Å². The van der Waals surface area contributed by atoms with Gasteiger partial charge in [-0.1, -0.05) is 133 Å². The summed E-state index contributed by atoms with van der Waals surface area (Å²) in [5.41, 5.74) is 7.39. The number of hydrogen-bond acceptors (Lipinski definition) is 3. The van der Waals surface area contributed by atoms with E-state index in [4.69, 9.17) is 4.42 Å². The van der Waals surface area contributed by atoms with Crippen molar-refractivity contribution in [2.75, 3.05) is 4.90 Å². The van der Waals surface area contributed by atoms with Gasteiger partial charge in [0.05, 0.1) is 16.1 Å². The van der Waals surface area contributed by atoms with Gasteiger partial charge in [-0.3, -0.25) is 0 Å². The normalized spacial score (nSPS) is 11.9. The summed E-state index contributed by atoms with van der Waals surface area (Å²) in [4.78, 5) is 2.38. The van der Waals surface area contributed by atoms with Gasteiger partial charge >= 0.3 is 0 Å². The van der Waals surface area contributed by atoms with Gasteiger partial charge in [-0.05, 0) is 85.9 Å². The maximum atomic E-state index is 6.64. The number of fused-ring (bicyclic) bond motifs is 12. The lowest BCUT2D eigenvalue weighted by Crippen LogP contribution is -2.10. The van der Waals surface area contributed by atoms with Crippen LogP contribution in [0.2, 0.25) is 0 Å². The Morgan fingerprint density at radius 1 is 0.373 bits per heavy atom. The largest absolute Gasteiger partial charge is 0.454 e. The molecule has 0 radical (unpaired) electrons. The van der Waals surface area contributed by atoms with Crippen molar-refractivity contribution in [1.29, 1.82) is 0 Å². The summed E-state index contributed by atoms with van der Waals surface area (Å²) >= 11 is 1.85. The summed E-state index contributed by atoms with van der Waals surface area (Å²) in [6.07, 6.45) is 0. The molecule has 2 heterocycles. The molecule has 238 valence electrons. The molecule has 0 saturated carbocycles. The summed E-state index contributed by atoms with van der Waals surface area (Å²) < 4.78 is 9.18. The number of para-hydroxylation sites is 2. The lowest BCUT2D eigenvalue weighted by atomic mass is 9.92. The molecule has 0 aliphatic rings. The molecule has 0 saturated heterocycles. The van der Waals surface area contributed by atoms with E-state index in [0.717, 1.165) is 39.0 Å². The van der Waals surface area contributed by atoms with Crippen LogP contribution in [-0.2, 0) is 0 Å². The Morgan fingerprint density at radius 2 is 0.922 bits per heavy atom. The fourth-order valence-corrected chi connectivity index (χ4v) is 9.32. The second-order valence-electron chi connectivity index (χ2n) is 13.2. The van der Waals surface area contributed by atoms with Crippen LogP contribution in [0, 0.1) is 0 Å². The lowest BCUT2D eigenvalue weighted by molar-refractivity contribution is 0.669. The SMILES string of the molecule is c1ccc2c(c1)oc1c(N(c3ccc(-c4ccc5c6ccccc6c6ccccc6c5c4)cc3)c3cccc4c3sc3ccccc34)cccc12. The van der Waals surface area contributed by atoms with Crippen LogP contribution in [-0.4, -0.2) is 0 Å². The van der Waals surface area contributed by atoms with Crippen molar-refractivity contribution < 1.29 is 4.42 Å². The van der Waals surface area contributed by atoms with E-state index in [2.05, 4.69) is 175 Å². The quantitative estimate of drug-likeness (QED) is 0.174. The maximum Gasteiger partial charge on any atom is 0.159 e. The number of nitrogens with zero attached hydrogens (tertiary/aromatic N) is 1. The van der Waals surface area contributed by atoms with Crippen LogP contribution in [0.1, 0.15) is 0 Å². The first-order valence-corrected chi connectivity index (χ1v) is 18.2. The van der Waals surface area contributed by atoms with Crippen molar-refractivity contribution in [1.82, 2.24) is 0 Å². The molecule has 3 heteroatoms. The molecule has 0 aliphatic heterocycles. The fourth-order valence-electron chi connectivity index (χ4n) is 8.11. The number of benzene rings is 9. The first kappa shape index (κ1) is 28.4. The average molecular weight is 668 g/mol. The third kappa shape index (κ3) is 4.29. The van der Waals surface area contributed by atoms with Crippen molar-refractivity contribution in [3.63, 3.8) is 0 Å². The van der Waals surface area contributed by atoms with Gasteiger partial charge in [0.1, 0.15) is 5.58 Å². The molecule has 0 unspecified atom stereocenters. The second-order valence-corrected chi connectivity index (χ2v) is 14.3. The van der Waals surface area contributed by atoms with Gasteiger partial charge < -0.3 is 9.32 Å². The van der Waals surface area contributed by atoms with Gasteiger partial charge in [0, 0.05) is 31.9 Å². The van der Waals surface area contributed by atoms with Crippen LogP contribution in [0.25, 0.3) is 85.6 Å². The van der Waals surface area contributed by atoms with Crippen molar-refractivity contribution in [2.24, 2.45) is 0 Å². The minimum absolute atomic E-state index is 0.884. The zero-order chi connectivity index (χ0) is 33.5. The highest BCUT2D eigenvalue weighted by Gasteiger charge is 2.22. The zero-order valence-electron chi connectivity index (χ0n) is 27.5.